The largest absolute Gasteiger partial charge is 0.497 e. The van der Waals surface area contributed by atoms with Gasteiger partial charge in [-0.05, 0) is 69.0 Å². The molecule has 0 spiro atoms. The second-order valence-electron chi connectivity index (χ2n) is 8.95. The Hall–Kier alpha value is -3.07. The van der Waals surface area contributed by atoms with Crippen LogP contribution in [0.1, 0.15) is 43.9 Å². The summed E-state index contributed by atoms with van der Waals surface area (Å²) in [5.74, 6) is -0.0608. The summed E-state index contributed by atoms with van der Waals surface area (Å²) in [4.78, 5) is 28.2. The molecule has 192 valence electrons. The van der Waals surface area contributed by atoms with Crippen LogP contribution in [0, 0.1) is 13.8 Å². The molecule has 0 unspecified atom stereocenters. The number of methoxy groups -OCH3 is 1. The molecule has 0 saturated carbocycles. The first-order valence-electron chi connectivity index (χ1n) is 11.7. The van der Waals surface area contributed by atoms with Gasteiger partial charge >= 0.3 is 0 Å². The molecule has 0 aliphatic carbocycles. The third-order valence-electron chi connectivity index (χ3n) is 5.85. The molecule has 0 bridgehead atoms. The predicted octanol–water partition coefficient (Wildman–Crippen LogP) is 3.41. The molecule has 2 amide bonds. The van der Waals surface area contributed by atoms with Gasteiger partial charge in [-0.2, -0.15) is 0 Å². The van der Waals surface area contributed by atoms with Crippen molar-refractivity contribution in [3.05, 3.63) is 59.2 Å². The number of nitrogens with one attached hydrogen (secondary N) is 1. The molecular weight excluding hydrogens is 466 g/mol. The Kier molecular flexibility index (Phi) is 9.71. The van der Waals surface area contributed by atoms with Crippen molar-refractivity contribution in [3.63, 3.8) is 0 Å². The van der Waals surface area contributed by atoms with Gasteiger partial charge in [-0.3, -0.25) is 13.9 Å². The lowest BCUT2D eigenvalue weighted by molar-refractivity contribution is -0.140. The van der Waals surface area contributed by atoms with Crippen molar-refractivity contribution < 1.29 is 22.7 Å². The van der Waals surface area contributed by atoms with Gasteiger partial charge in [0.15, 0.2) is 0 Å². The summed E-state index contributed by atoms with van der Waals surface area (Å²) in [6.07, 6.45) is 1.46. The number of carbonyl (C=O) groups excluding carboxylic acids is 2. The molecule has 1 atom stereocenters. The summed E-state index contributed by atoms with van der Waals surface area (Å²) in [6.45, 7) is 8.99. The number of anilines is 1. The molecule has 8 nitrogen and oxygen atoms in total. The van der Waals surface area contributed by atoms with E-state index in [1.807, 2.05) is 52.8 Å². The van der Waals surface area contributed by atoms with Crippen LogP contribution in [0.15, 0.2) is 42.5 Å². The summed E-state index contributed by atoms with van der Waals surface area (Å²) < 4.78 is 31.9. The number of benzene rings is 2. The SMILES string of the molecule is CC[C@H](C(=O)NC(C)C)N(Cc1ccc(OC)cc1)C(=O)CN(c1cccc(C)c1C)S(C)(=O)=O. The average molecular weight is 504 g/mol. The third kappa shape index (κ3) is 7.45. The molecule has 9 heteroatoms. The van der Waals surface area contributed by atoms with Crippen LogP contribution >= 0.6 is 0 Å². The van der Waals surface area contributed by atoms with E-state index in [1.165, 1.54) is 4.90 Å². The predicted molar refractivity (Wildman–Crippen MR) is 139 cm³/mol. The Morgan fingerprint density at radius 2 is 1.69 bits per heavy atom. The molecule has 2 aromatic carbocycles. The van der Waals surface area contributed by atoms with Gasteiger partial charge < -0.3 is 15.0 Å². The van der Waals surface area contributed by atoms with Gasteiger partial charge in [0.1, 0.15) is 18.3 Å². The first kappa shape index (κ1) is 28.2. The Labute approximate surface area is 209 Å². The average Bonchev–Trinajstić information content (AvgIpc) is 2.78. The number of rotatable bonds is 11. The van der Waals surface area contributed by atoms with E-state index in [-0.39, 0.29) is 18.5 Å². The summed E-state index contributed by atoms with van der Waals surface area (Å²) in [5.41, 5.74) is 2.94. The zero-order chi connectivity index (χ0) is 26.3. The highest BCUT2D eigenvalue weighted by molar-refractivity contribution is 7.92. The van der Waals surface area contributed by atoms with Crippen LogP contribution < -0.4 is 14.4 Å². The fourth-order valence-corrected chi connectivity index (χ4v) is 4.73. The van der Waals surface area contributed by atoms with Crippen LogP contribution in [0.4, 0.5) is 5.69 Å². The highest BCUT2D eigenvalue weighted by Crippen LogP contribution is 2.26. The molecule has 35 heavy (non-hydrogen) atoms. The van der Waals surface area contributed by atoms with E-state index in [1.54, 1.807) is 31.4 Å². The van der Waals surface area contributed by atoms with Crippen molar-refractivity contribution in [2.45, 2.75) is 59.7 Å². The van der Waals surface area contributed by atoms with Crippen LogP contribution in [0.5, 0.6) is 5.75 Å². The molecule has 2 rings (SSSR count). The van der Waals surface area contributed by atoms with E-state index in [4.69, 9.17) is 4.74 Å². The normalized spacial score (nSPS) is 12.2. The van der Waals surface area contributed by atoms with Crippen LogP contribution in [-0.2, 0) is 26.2 Å². The maximum absolute atomic E-state index is 13.7. The van der Waals surface area contributed by atoms with Gasteiger partial charge in [0.25, 0.3) is 0 Å². The summed E-state index contributed by atoms with van der Waals surface area (Å²) in [5, 5.41) is 2.88. The Morgan fingerprint density at radius 1 is 1.06 bits per heavy atom. The van der Waals surface area contributed by atoms with Crippen molar-refractivity contribution >= 4 is 27.5 Å². The zero-order valence-electron chi connectivity index (χ0n) is 21.7. The number of sulfonamides is 1. The van der Waals surface area contributed by atoms with Gasteiger partial charge in [0.2, 0.25) is 21.8 Å². The van der Waals surface area contributed by atoms with Crippen molar-refractivity contribution in [1.29, 1.82) is 0 Å². The van der Waals surface area contributed by atoms with Crippen molar-refractivity contribution in [3.8, 4) is 5.75 Å². The van der Waals surface area contributed by atoms with Gasteiger partial charge in [-0.1, -0.05) is 31.2 Å². The van der Waals surface area contributed by atoms with Crippen molar-refractivity contribution in [2.75, 3.05) is 24.2 Å². The number of carbonyl (C=O) groups is 2. The molecule has 0 radical (unpaired) electrons. The smallest absolute Gasteiger partial charge is 0.244 e. The zero-order valence-corrected chi connectivity index (χ0v) is 22.5. The molecule has 0 aliphatic rings. The number of ether oxygens (including phenoxy) is 1. The van der Waals surface area contributed by atoms with E-state index in [0.29, 0.717) is 17.9 Å². The Morgan fingerprint density at radius 3 is 2.20 bits per heavy atom. The maximum Gasteiger partial charge on any atom is 0.244 e. The van der Waals surface area contributed by atoms with E-state index >= 15 is 0 Å². The molecule has 0 heterocycles. The molecule has 0 saturated heterocycles. The first-order valence-corrected chi connectivity index (χ1v) is 13.5. The molecule has 2 aromatic rings. The van der Waals surface area contributed by atoms with Crippen LogP contribution in [0.2, 0.25) is 0 Å². The Balaban J connectivity index is 2.48. The highest BCUT2D eigenvalue weighted by atomic mass is 32.2. The summed E-state index contributed by atoms with van der Waals surface area (Å²) >= 11 is 0. The topological polar surface area (TPSA) is 96.0 Å². The number of hydrogen-bond donors (Lipinski definition) is 1. The monoisotopic (exact) mass is 503 g/mol. The molecule has 0 aliphatic heterocycles. The van der Waals surface area contributed by atoms with Crippen LogP contribution in [-0.4, -0.2) is 57.1 Å². The number of nitrogens with zero attached hydrogens (tertiary/aromatic N) is 2. The van der Waals surface area contributed by atoms with Crippen LogP contribution in [0.3, 0.4) is 0 Å². The third-order valence-corrected chi connectivity index (χ3v) is 6.98. The number of hydrogen-bond acceptors (Lipinski definition) is 5. The fourth-order valence-electron chi connectivity index (χ4n) is 3.83. The van der Waals surface area contributed by atoms with Gasteiger partial charge in [-0.25, -0.2) is 8.42 Å². The lowest BCUT2D eigenvalue weighted by atomic mass is 10.1. The van der Waals surface area contributed by atoms with Gasteiger partial charge in [0.05, 0.1) is 19.1 Å². The second-order valence-corrected chi connectivity index (χ2v) is 10.9. The van der Waals surface area contributed by atoms with E-state index in [0.717, 1.165) is 27.3 Å². The lowest BCUT2D eigenvalue weighted by Crippen LogP contribution is -2.53. The van der Waals surface area contributed by atoms with Gasteiger partial charge in [0, 0.05) is 12.6 Å². The molecule has 0 fully saturated rings. The quantitative estimate of drug-likeness (QED) is 0.507. The minimum atomic E-state index is -3.77. The van der Waals surface area contributed by atoms with Gasteiger partial charge in [-0.15, -0.1) is 0 Å². The van der Waals surface area contributed by atoms with Crippen molar-refractivity contribution in [2.24, 2.45) is 0 Å². The van der Waals surface area contributed by atoms with Crippen LogP contribution in [0.25, 0.3) is 0 Å². The Bertz CT molecular complexity index is 1130. The maximum atomic E-state index is 13.7. The molecule has 1 N–H and O–H groups in total. The minimum Gasteiger partial charge on any atom is -0.497 e. The lowest BCUT2D eigenvalue weighted by Gasteiger charge is -2.33. The molecular formula is C26H37N3O5S. The summed E-state index contributed by atoms with van der Waals surface area (Å²) in [6, 6.07) is 11.7. The van der Waals surface area contributed by atoms with Crippen molar-refractivity contribution in [1.82, 2.24) is 10.2 Å². The highest BCUT2D eigenvalue weighted by Gasteiger charge is 2.32. The number of aryl methyl sites for hydroxylation is 1. The van der Waals surface area contributed by atoms with E-state index < -0.39 is 28.5 Å². The number of amides is 2. The first-order chi connectivity index (χ1) is 16.4. The van der Waals surface area contributed by atoms with E-state index in [9.17, 15) is 18.0 Å². The standard InChI is InChI=1S/C26H37N3O5S/c1-8-23(26(31)27-18(2)3)28(16-21-12-14-22(34-6)15-13-21)25(30)17-29(35(7,32)33)24-11-9-10-19(4)20(24)5/h9-15,18,23H,8,16-17H2,1-7H3,(H,27,31)/t23-/m1/s1. The fraction of sp³-hybridized carbons (Fsp3) is 0.462. The van der Waals surface area contributed by atoms with E-state index in [2.05, 4.69) is 5.32 Å². The molecule has 0 aromatic heterocycles. The second kappa shape index (κ2) is 12.1. The summed E-state index contributed by atoms with van der Waals surface area (Å²) in [7, 11) is -2.20. The minimum absolute atomic E-state index is 0.100.